The Morgan fingerprint density at radius 2 is 2.37 bits per heavy atom. The Morgan fingerprint density at radius 1 is 1.58 bits per heavy atom. The Kier molecular flexibility index (Phi) is 4.10. The first-order chi connectivity index (χ1) is 9.17. The maximum atomic E-state index is 8.99. The molecule has 1 aromatic carbocycles. The molecule has 98 valence electrons. The average molecular weight is 295 g/mol. The summed E-state index contributed by atoms with van der Waals surface area (Å²) in [6.07, 6.45) is 0. The van der Waals surface area contributed by atoms with Gasteiger partial charge in [-0.05, 0) is 23.7 Å². The molecule has 0 unspecified atom stereocenters. The lowest BCUT2D eigenvalue weighted by atomic mass is 10.2. The molecule has 0 spiro atoms. The van der Waals surface area contributed by atoms with Crippen LogP contribution in [-0.4, -0.2) is 11.5 Å². The van der Waals surface area contributed by atoms with Gasteiger partial charge in [0, 0.05) is 17.1 Å². The monoisotopic (exact) mass is 294 g/mol. The maximum absolute atomic E-state index is 8.99. The molecule has 0 aliphatic carbocycles. The number of methoxy groups -OCH3 is 1. The van der Waals surface area contributed by atoms with E-state index in [9.17, 15) is 0 Å². The fraction of sp³-hybridized carbons (Fsp3) is 0.167. The quantitative estimate of drug-likeness (QED) is 0.906. The molecule has 5 nitrogen and oxygen atoms in total. The number of nitriles is 1. The smallest absolute Gasteiger partial charge is 0.157 e. The summed E-state index contributed by atoms with van der Waals surface area (Å²) >= 11 is 7.28. The number of ether oxygens (including phenoxy) is 1. The number of rotatable bonds is 4. The minimum atomic E-state index is 0.237. The van der Waals surface area contributed by atoms with Gasteiger partial charge in [-0.3, -0.25) is 0 Å². The lowest BCUT2D eigenvalue weighted by molar-refractivity contribution is 0.410. The fourth-order valence-corrected chi connectivity index (χ4v) is 2.49. The first-order valence-electron chi connectivity index (χ1n) is 5.38. The van der Waals surface area contributed by atoms with Crippen molar-refractivity contribution >= 4 is 34.0 Å². The lowest BCUT2D eigenvalue weighted by Gasteiger charge is -2.11. The van der Waals surface area contributed by atoms with Crippen molar-refractivity contribution in [3.05, 3.63) is 34.3 Å². The van der Waals surface area contributed by atoms with Crippen LogP contribution in [0.25, 0.3) is 0 Å². The molecule has 0 aliphatic rings. The van der Waals surface area contributed by atoms with Crippen molar-refractivity contribution in [1.82, 2.24) is 4.37 Å². The minimum absolute atomic E-state index is 0.237. The van der Waals surface area contributed by atoms with Gasteiger partial charge in [0.15, 0.2) is 5.82 Å². The van der Waals surface area contributed by atoms with Crippen molar-refractivity contribution in [2.45, 2.75) is 6.54 Å². The van der Waals surface area contributed by atoms with Gasteiger partial charge in [-0.1, -0.05) is 17.7 Å². The van der Waals surface area contributed by atoms with Crippen molar-refractivity contribution in [1.29, 1.82) is 5.26 Å². The van der Waals surface area contributed by atoms with E-state index in [2.05, 4.69) is 9.69 Å². The molecule has 0 saturated heterocycles. The molecule has 0 atom stereocenters. The van der Waals surface area contributed by atoms with Crippen LogP contribution in [0.2, 0.25) is 5.02 Å². The van der Waals surface area contributed by atoms with Crippen molar-refractivity contribution < 1.29 is 4.74 Å². The average Bonchev–Trinajstić information content (AvgIpc) is 2.77. The molecule has 2 aromatic rings. The van der Waals surface area contributed by atoms with Gasteiger partial charge in [-0.25, -0.2) is 0 Å². The third kappa shape index (κ3) is 2.72. The van der Waals surface area contributed by atoms with Crippen LogP contribution in [-0.2, 0) is 6.54 Å². The molecule has 1 aromatic heterocycles. The second-order valence-corrected chi connectivity index (χ2v) is 4.84. The molecule has 0 bridgehead atoms. The Bertz CT molecular complexity index is 635. The van der Waals surface area contributed by atoms with E-state index < -0.39 is 0 Å². The topological polar surface area (TPSA) is 84.0 Å². The van der Waals surface area contributed by atoms with E-state index in [0.29, 0.717) is 27.9 Å². The Balaban J connectivity index is 2.22. The van der Waals surface area contributed by atoms with Gasteiger partial charge in [0.05, 0.1) is 7.11 Å². The van der Waals surface area contributed by atoms with E-state index in [-0.39, 0.29) is 5.82 Å². The molecule has 1 heterocycles. The number of nitrogens with two attached hydrogens (primary N) is 1. The maximum Gasteiger partial charge on any atom is 0.157 e. The van der Waals surface area contributed by atoms with Gasteiger partial charge in [-0.15, -0.1) is 0 Å². The van der Waals surface area contributed by atoms with Crippen LogP contribution in [0.5, 0.6) is 5.75 Å². The largest absolute Gasteiger partial charge is 0.496 e. The zero-order valence-corrected chi connectivity index (χ0v) is 11.7. The molecule has 0 fully saturated rings. The number of hydrogen-bond acceptors (Lipinski definition) is 6. The molecule has 3 N–H and O–H groups in total. The number of nitrogen functional groups attached to an aromatic ring is 1. The van der Waals surface area contributed by atoms with Crippen LogP contribution in [0.1, 0.15) is 11.1 Å². The zero-order chi connectivity index (χ0) is 13.8. The van der Waals surface area contributed by atoms with Crippen molar-refractivity contribution in [2.75, 3.05) is 18.2 Å². The number of anilines is 2. The van der Waals surface area contributed by atoms with Gasteiger partial charge in [0.25, 0.3) is 0 Å². The van der Waals surface area contributed by atoms with Crippen LogP contribution in [0.4, 0.5) is 10.8 Å². The number of nitrogens with one attached hydrogen (secondary N) is 1. The van der Waals surface area contributed by atoms with Crippen LogP contribution >= 0.6 is 23.1 Å². The second-order valence-electron chi connectivity index (χ2n) is 3.66. The van der Waals surface area contributed by atoms with E-state index in [1.54, 1.807) is 13.2 Å². The van der Waals surface area contributed by atoms with Crippen LogP contribution in [0.15, 0.2) is 18.2 Å². The summed E-state index contributed by atoms with van der Waals surface area (Å²) in [7, 11) is 1.58. The van der Waals surface area contributed by atoms with E-state index in [1.165, 1.54) is 0 Å². The molecule has 0 amide bonds. The summed E-state index contributed by atoms with van der Waals surface area (Å²) in [4.78, 5) is 0. The SMILES string of the molecule is COc1cccc(Cl)c1CNc1snc(N)c1C#N. The van der Waals surface area contributed by atoms with Crippen molar-refractivity contribution in [3.63, 3.8) is 0 Å². The second kappa shape index (κ2) is 5.78. The van der Waals surface area contributed by atoms with Crippen LogP contribution in [0, 0.1) is 11.3 Å². The fourth-order valence-electron chi connectivity index (χ4n) is 1.60. The highest BCUT2D eigenvalue weighted by Crippen LogP contribution is 2.30. The molecule has 7 heteroatoms. The minimum Gasteiger partial charge on any atom is -0.496 e. The summed E-state index contributed by atoms with van der Waals surface area (Å²) in [5, 5.41) is 13.3. The third-order valence-corrected chi connectivity index (χ3v) is 3.72. The first kappa shape index (κ1) is 13.5. The van der Waals surface area contributed by atoms with E-state index >= 15 is 0 Å². The molecule has 0 saturated carbocycles. The summed E-state index contributed by atoms with van der Waals surface area (Å²) in [5.74, 6) is 0.928. The number of hydrogen-bond donors (Lipinski definition) is 2. The molecule has 2 rings (SSSR count). The molecule has 19 heavy (non-hydrogen) atoms. The number of benzene rings is 1. The lowest BCUT2D eigenvalue weighted by Crippen LogP contribution is -2.02. The predicted molar refractivity (Wildman–Crippen MR) is 76.6 cm³/mol. The first-order valence-corrected chi connectivity index (χ1v) is 6.53. The zero-order valence-electron chi connectivity index (χ0n) is 10.1. The van der Waals surface area contributed by atoms with Gasteiger partial charge in [0.1, 0.15) is 22.4 Å². The highest BCUT2D eigenvalue weighted by Gasteiger charge is 2.12. The Labute approximate surface area is 119 Å². The molecular weight excluding hydrogens is 284 g/mol. The number of nitrogens with zero attached hydrogens (tertiary/aromatic N) is 2. The Hall–Kier alpha value is -1.97. The van der Waals surface area contributed by atoms with Gasteiger partial charge < -0.3 is 15.8 Å². The molecule has 0 radical (unpaired) electrons. The highest BCUT2D eigenvalue weighted by atomic mass is 35.5. The standard InChI is InChI=1S/C12H11ClN4OS/c1-18-10-4-2-3-9(13)8(10)6-16-12-7(5-14)11(15)17-19-12/h2-4,16H,6H2,1H3,(H2,15,17). The predicted octanol–water partition coefficient (Wildman–Crippen LogP) is 2.87. The Morgan fingerprint density at radius 3 is 3.05 bits per heavy atom. The van der Waals surface area contributed by atoms with Crippen molar-refractivity contribution in [3.8, 4) is 11.8 Å². The van der Waals surface area contributed by atoms with E-state index in [0.717, 1.165) is 17.1 Å². The normalized spacial score (nSPS) is 9.95. The van der Waals surface area contributed by atoms with Gasteiger partial charge in [-0.2, -0.15) is 9.64 Å². The number of halogens is 1. The van der Waals surface area contributed by atoms with E-state index in [4.69, 9.17) is 27.3 Å². The highest BCUT2D eigenvalue weighted by molar-refractivity contribution is 7.10. The molecule has 0 aliphatic heterocycles. The van der Waals surface area contributed by atoms with Crippen molar-refractivity contribution in [2.24, 2.45) is 0 Å². The van der Waals surface area contributed by atoms with Gasteiger partial charge in [0.2, 0.25) is 0 Å². The van der Waals surface area contributed by atoms with Crippen LogP contribution in [0.3, 0.4) is 0 Å². The van der Waals surface area contributed by atoms with Crippen LogP contribution < -0.4 is 15.8 Å². The summed E-state index contributed by atoms with van der Waals surface area (Å²) in [6.45, 7) is 0.430. The summed E-state index contributed by atoms with van der Waals surface area (Å²) in [5.41, 5.74) is 6.77. The number of aromatic nitrogens is 1. The molecular formula is C12H11ClN4OS. The summed E-state index contributed by atoms with van der Waals surface area (Å²) in [6, 6.07) is 7.45. The summed E-state index contributed by atoms with van der Waals surface area (Å²) < 4.78 is 9.18. The van der Waals surface area contributed by atoms with E-state index in [1.807, 2.05) is 18.2 Å². The third-order valence-electron chi connectivity index (χ3n) is 2.55. The van der Waals surface area contributed by atoms with Gasteiger partial charge >= 0.3 is 0 Å².